The predicted molar refractivity (Wildman–Crippen MR) is 86.0 cm³/mol. The first-order chi connectivity index (χ1) is 10.1. The van der Waals surface area contributed by atoms with Gasteiger partial charge in [0, 0.05) is 23.7 Å². The zero-order valence-corrected chi connectivity index (χ0v) is 13.1. The minimum absolute atomic E-state index is 0.0733. The van der Waals surface area contributed by atoms with Crippen LogP contribution in [0.25, 0.3) is 5.70 Å². The fourth-order valence-corrected chi connectivity index (χ4v) is 2.63. The topological polar surface area (TPSA) is 29.5 Å². The Balaban J connectivity index is 2.32. The van der Waals surface area contributed by atoms with Crippen LogP contribution in [-0.4, -0.2) is 24.0 Å². The van der Waals surface area contributed by atoms with Gasteiger partial charge in [0.1, 0.15) is 12.4 Å². The molecule has 1 amide bonds. The lowest BCUT2D eigenvalue weighted by molar-refractivity contribution is -0.131. The van der Waals surface area contributed by atoms with Gasteiger partial charge in [-0.15, -0.1) is 0 Å². The monoisotopic (exact) mass is 285 g/mol. The standard InChI is InChI=1S/C18H23NO2/c1-5-11-21-15-8-9-16(14(4)12-15)17-10-7-13(3)18(20)19(17)6-2/h5,8-10,12-13H,1,6-7,11H2,2-4H3. The summed E-state index contributed by atoms with van der Waals surface area (Å²) >= 11 is 0. The molecule has 1 unspecified atom stereocenters. The average Bonchev–Trinajstić information content (AvgIpc) is 2.48. The molecule has 0 bridgehead atoms. The van der Waals surface area contributed by atoms with E-state index in [0.717, 1.165) is 29.0 Å². The molecule has 0 radical (unpaired) electrons. The number of hydrogen-bond acceptors (Lipinski definition) is 2. The number of carbonyl (C=O) groups is 1. The molecule has 0 aromatic heterocycles. The molecular formula is C18H23NO2. The number of hydrogen-bond donors (Lipinski definition) is 0. The summed E-state index contributed by atoms with van der Waals surface area (Å²) in [4.78, 5) is 14.2. The maximum absolute atomic E-state index is 12.3. The molecular weight excluding hydrogens is 262 g/mol. The fraction of sp³-hybridized carbons (Fsp3) is 0.389. The van der Waals surface area contributed by atoms with Crippen LogP contribution >= 0.6 is 0 Å². The van der Waals surface area contributed by atoms with Gasteiger partial charge < -0.3 is 9.64 Å². The SMILES string of the molecule is C=CCOc1ccc(C2=CCC(C)C(=O)N2CC)c(C)c1. The summed E-state index contributed by atoms with van der Waals surface area (Å²) in [5.74, 6) is 1.11. The van der Waals surface area contributed by atoms with Crippen LogP contribution in [-0.2, 0) is 4.79 Å². The van der Waals surface area contributed by atoms with E-state index in [1.807, 2.05) is 43.9 Å². The summed E-state index contributed by atoms with van der Waals surface area (Å²) in [5.41, 5.74) is 3.24. The summed E-state index contributed by atoms with van der Waals surface area (Å²) in [5, 5.41) is 0. The number of carbonyl (C=O) groups excluding carboxylic acids is 1. The van der Waals surface area contributed by atoms with Gasteiger partial charge in [-0.05, 0) is 44.0 Å². The molecule has 1 aliphatic rings. The van der Waals surface area contributed by atoms with Gasteiger partial charge in [-0.3, -0.25) is 4.79 Å². The second kappa shape index (κ2) is 6.61. The number of rotatable bonds is 5. The third-order valence-electron chi connectivity index (χ3n) is 3.80. The van der Waals surface area contributed by atoms with Crippen molar-refractivity contribution < 1.29 is 9.53 Å². The van der Waals surface area contributed by atoms with Crippen molar-refractivity contribution in [3.8, 4) is 5.75 Å². The van der Waals surface area contributed by atoms with Crippen LogP contribution in [0.4, 0.5) is 0 Å². The van der Waals surface area contributed by atoms with E-state index < -0.39 is 0 Å². The second-order valence-electron chi connectivity index (χ2n) is 5.39. The lowest BCUT2D eigenvalue weighted by Crippen LogP contribution is -2.36. The van der Waals surface area contributed by atoms with Crippen molar-refractivity contribution in [2.45, 2.75) is 27.2 Å². The highest BCUT2D eigenvalue weighted by Gasteiger charge is 2.27. The molecule has 0 spiro atoms. The van der Waals surface area contributed by atoms with E-state index in [1.54, 1.807) is 6.08 Å². The first kappa shape index (κ1) is 15.4. The molecule has 21 heavy (non-hydrogen) atoms. The van der Waals surface area contributed by atoms with Crippen molar-refractivity contribution in [3.05, 3.63) is 48.1 Å². The Morgan fingerprint density at radius 1 is 1.48 bits per heavy atom. The van der Waals surface area contributed by atoms with Crippen molar-refractivity contribution in [1.82, 2.24) is 4.90 Å². The Kier molecular flexibility index (Phi) is 4.84. The second-order valence-corrected chi connectivity index (χ2v) is 5.39. The highest BCUT2D eigenvalue weighted by atomic mass is 16.5. The predicted octanol–water partition coefficient (Wildman–Crippen LogP) is 3.79. The van der Waals surface area contributed by atoms with Gasteiger partial charge in [0.05, 0.1) is 0 Å². The molecule has 1 aromatic carbocycles. The highest BCUT2D eigenvalue weighted by molar-refractivity contribution is 5.91. The van der Waals surface area contributed by atoms with Gasteiger partial charge in [0.15, 0.2) is 0 Å². The van der Waals surface area contributed by atoms with Crippen molar-refractivity contribution >= 4 is 11.6 Å². The van der Waals surface area contributed by atoms with Crippen LogP contribution < -0.4 is 4.74 Å². The van der Waals surface area contributed by atoms with Crippen LogP contribution in [0.2, 0.25) is 0 Å². The Hall–Kier alpha value is -2.03. The van der Waals surface area contributed by atoms with Crippen molar-refractivity contribution in [1.29, 1.82) is 0 Å². The number of benzene rings is 1. The van der Waals surface area contributed by atoms with Gasteiger partial charge in [-0.2, -0.15) is 0 Å². The van der Waals surface area contributed by atoms with Crippen molar-refractivity contribution in [3.63, 3.8) is 0 Å². The van der Waals surface area contributed by atoms with Gasteiger partial charge in [0.2, 0.25) is 5.91 Å². The summed E-state index contributed by atoms with van der Waals surface area (Å²) in [6.07, 6.45) is 4.70. The van der Waals surface area contributed by atoms with Gasteiger partial charge in [-0.1, -0.05) is 25.7 Å². The smallest absolute Gasteiger partial charge is 0.230 e. The molecule has 0 saturated carbocycles. The number of aryl methyl sites for hydroxylation is 1. The zero-order valence-electron chi connectivity index (χ0n) is 13.1. The fourth-order valence-electron chi connectivity index (χ4n) is 2.63. The molecule has 0 fully saturated rings. The van der Waals surface area contributed by atoms with E-state index in [-0.39, 0.29) is 11.8 Å². The van der Waals surface area contributed by atoms with E-state index >= 15 is 0 Å². The highest BCUT2D eigenvalue weighted by Crippen LogP contribution is 2.31. The van der Waals surface area contributed by atoms with Crippen LogP contribution in [0.15, 0.2) is 36.9 Å². The van der Waals surface area contributed by atoms with E-state index in [4.69, 9.17) is 4.74 Å². The van der Waals surface area contributed by atoms with Gasteiger partial charge in [-0.25, -0.2) is 0 Å². The number of amides is 1. The molecule has 1 aliphatic heterocycles. The van der Waals surface area contributed by atoms with E-state index in [2.05, 4.69) is 12.7 Å². The van der Waals surface area contributed by atoms with E-state index in [1.165, 1.54) is 0 Å². The Morgan fingerprint density at radius 3 is 2.86 bits per heavy atom. The number of allylic oxidation sites excluding steroid dienone is 1. The Bertz CT molecular complexity index is 575. The first-order valence-electron chi connectivity index (χ1n) is 7.44. The number of nitrogens with zero attached hydrogens (tertiary/aromatic N) is 1. The lowest BCUT2D eigenvalue weighted by Gasteiger charge is -2.32. The Morgan fingerprint density at radius 2 is 2.24 bits per heavy atom. The van der Waals surface area contributed by atoms with Crippen LogP contribution in [0.1, 0.15) is 31.4 Å². The normalized spacial score (nSPS) is 18.4. The van der Waals surface area contributed by atoms with Crippen LogP contribution in [0.3, 0.4) is 0 Å². The minimum Gasteiger partial charge on any atom is -0.490 e. The average molecular weight is 285 g/mol. The van der Waals surface area contributed by atoms with Crippen LogP contribution in [0.5, 0.6) is 5.75 Å². The van der Waals surface area contributed by atoms with Gasteiger partial charge in [0.25, 0.3) is 0 Å². The van der Waals surface area contributed by atoms with E-state index in [0.29, 0.717) is 13.2 Å². The van der Waals surface area contributed by atoms with Crippen LogP contribution in [0, 0.1) is 12.8 Å². The first-order valence-corrected chi connectivity index (χ1v) is 7.44. The maximum Gasteiger partial charge on any atom is 0.230 e. The van der Waals surface area contributed by atoms with Crippen molar-refractivity contribution in [2.75, 3.05) is 13.2 Å². The molecule has 3 nitrogen and oxygen atoms in total. The molecule has 0 aliphatic carbocycles. The molecule has 2 rings (SSSR count). The molecule has 0 N–H and O–H groups in total. The largest absolute Gasteiger partial charge is 0.490 e. The molecule has 1 heterocycles. The summed E-state index contributed by atoms with van der Waals surface area (Å²) < 4.78 is 5.55. The third kappa shape index (κ3) is 3.18. The molecule has 1 atom stereocenters. The Labute approximate surface area is 126 Å². The summed E-state index contributed by atoms with van der Waals surface area (Å²) in [7, 11) is 0. The summed E-state index contributed by atoms with van der Waals surface area (Å²) in [6.45, 7) is 10.9. The number of ether oxygens (including phenoxy) is 1. The zero-order chi connectivity index (χ0) is 15.4. The van der Waals surface area contributed by atoms with Crippen molar-refractivity contribution in [2.24, 2.45) is 5.92 Å². The van der Waals surface area contributed by atoms with Gasteiger partial charge >= 0.3 is 0 Å². The lowest BCUT2D eigenvalue weighted by atomic mass is 9.95. The molecule has 112 valence electrons. The maximum atomic E-state index is 12.3. The van der Waals surface area contributed by atoms with E-state index in [9.17, 15) is 4.79 Å². The summed E-state index contributed by atoms with van der Waals surface area (Å²) in [6, 6.07) is 5.99. The quantitative estimate of drug-likeness (QED) is 0.770. The molecule has 1 aromatic rings. The molecule has 3 heteroatoms. The minimum atomic E-state index is 0.0733. The third-order valence-corrected chi connectivity index (χ3v) is 3.80. The molecule has 0 saturated heterocycles.